The number of nitrogen functional groups attached to an aromatic ring is 1. The molecule has 0 aromatic heterocycles. The summed E-state index contributed by atoms with van der Waals surface area (Å²) in [6.45, 7) is 3.07. The van der Waals surface area contributed by atoms with Crippen molar-refractivity contribution >= 4 is 62.5 Å². The Labute approximate surface area is 200 Å². The number of nitrogens with one attached hydrogen (secondary N) is 1. The van der Waals surface area contributed by atoms with Crippen molar-refractivity contribution in [3.8, 4) is 0 Å². The average molecular weight is 567 g/mol. The number of benzene rings is 3. The van der Waals surface area contributed by atoms with Gasteiger partial charge in [-0.2, -0.15) is 25.3 Å². The normalized spacial score (nSPS) is 13.2. The first-order valence-electron chi connectivity index (χ1n) is 9.15. The Morgan fingerprint density at radius 2 is 1.17 bits per heavy atom. The zero-order chi connectivity index (χ0) is 26.7. The third-order valence-corrected chi connectivity index (χ3v) is 8.98. The van der Waals surface area contributed by atoms with E-state index in [2.05, 4.69) is 0 Å². The van der Waals surface area contributed by atoms with Gasteiger partial charge in [-0.25, -0.2) is 8.42 Å². The fraction of sp³-hybridized carbons (Fsp3) is 0.111. The maximum absolute atomic E-state index is 13.2. The summed E-state index contributed by atoms with van der Waals surface area (Å²) in [5.74, 6) is 0. The maximum Gasteiger partial charge on any atom is 0.295 e. The highest BCUT2D eigenvalue weighted by Gasteiger charge is 2.27. The van der Waals surface area contributed by atoms with Crippen LogP contribution in [0, 0.1) is 13.8 Å². The molecule has 3 rings (SSSR count). The van der Waals surface area contributed by atoms with E-state index in [1.165, 1.54) is 13.0 Å². The smallest absolute Gasteiger partial charge is 0.295 e. The zero-order valence-electron chi connectivity index (χ0n) is 17.8. The van der Waals surface area contributed by atoms with Crippen LogP contribution in [-0.2, 0) is 40.4 Å². The highest BCUT2D eigenvalue weighted by Crippen LogP contribution is 2.37. The maximum atomic E-state index is 13.2. The molecular formula is C18H18N2O11S4. The number of anilines is 2. The van der Waals surface area contributed by atoms with Gasteiger partial charge in [-0.05, 0) is 60.7 Å². The minimum absolute atomic E-state index is 0.101. The average Bonchev–Trinajstić information content (AvgIpc) is 2.67. The SMILES string of the molecule is Cc1cc(C)c(S(=O)(=O)Nc2cc(S(=O)(=O)O)cc3cc(S(=O)(=O)O)cc(S(=O)(=O)O)c23)cc1N. The van der Waals surface area contributed by atoms with Gasteiger partial charge in [0.05, 0.1) is 20.4 Å². The van der Waals surface area contributed by atoms with E-state index in [9.17, 15) is 47.3 Å². The summed E-state index contributed by atoms with van der Waals surface area (Å²) >= 11 is 0. The van der Waals surface area contributed by atoms with Crippen LogP contribution in [-0.4, -0.2) is 47.3 Å². The quantitative estimate of drug-likeness (QED) is 0.211. The predicted octanol–water partition coefficient (Wildman–Crippen LogP) is 1.58. The Morgan fingerprint density at radius 3 is 1.66 bits per heavy atom. The van der Waals surface area contributed by atoms with E-state index in [1.54, 1.807) is 6.92 Å². The van der Waals surface area contributed by atoms with Crippen molar-refractivity contribution in [3.05, 3.63) is 47.5 Å². The van der Waals surface area contributed by atoms with E-state index in [0.29, 0.717) is 29.8 Å². The molecule has 3 aromatic rings. The molecule has 0 unspecified atom stereocenters. The summed E-state index contributed by atoms with van der Waals surface area (Å²) < 4.78 is 128. The van der Waals surface area contributed by atoms with Crippen LogP contribution in [0.3, 0.4) is 0 Å². The molecular weight excluding hydrogens is 548 g/mol. The second kappa shape index (κ2) is 8.40. The van der Waals surface area contributed by atoms with Crippen LogP contribution in [0.1, 0.15) is 11.1 Å². The van der Waals surface area contributed by atoms with E-state index in [0.717, 1.165) is 6.07 Å². The van der Waals surface area contributed by atoms with Gasteiger partial charge in [-0.15, -0.1) is 0 Å². The van der Waals surface area contributed by atoms with E-state index in [4.69, 9.17) is 5.73 Å². The van der Waals surface area contributed by atoms with Crippen molar-refractivity contribution in [1.29, 1.82) is 0 Å². The molecule has 35 heavy (non-hydrogen) atoms. The summed E-state index contributed by atoms with van der Waals surface area (Å²) in [4.78, 5) is -3.52. The number of hydrogen-bond acceptors (Lipinski definition) is 9. The molecule has 0 saturated heterocycles. The Kier molecular flexibility index (Phi) is 6.43. The minimum atomic E-state index is -5.27. The molecule has 0 heterocycles. The van der Waals surface area contributed by atoms with Crippen LogP contribution in [0.15, 0.2) is 56.0 Å². The van der Waals surface area contributed by atoms with Crippen molar-refractivity contribution in [2.24, 2.45) is 0 Å². The largest absolute Gasteiger partial charge is 0.398 e. The lowest BCUT2D eigenvalue weighted by Gasteiger charge is -2.17. The van der Waals surface area contributed by atoms with Gasteiger partial charge in [-0.3, -0.25) is 18.4 Å². The standard InChI is InChI=1S/C18H18N2O11S4/c1-9-3-10(2)16(8-14(9)19)32(21,22)20-15-6-12(33(23,24)25)4-11-5-13(34(26,27)28)7-17(18(11)15)35(29,30)31/h3-8,20H,19H2,1-2H3,(H,23,24,25)(H,26,27,28)(H,29,30,31). The number of sulfonamides is 1. The van der Waals surface area contributed by atoms with Crippen molar-refractivity contribution in [2.45, 2.75) is 33.4 Å². The van der Waals surface area contributed by atoms with E-state index in [-0.39, 0.29) is 16.1 Å². The van der Waals surface area contributed by atoms with Gasteiger partial charge in [0.25, 0.3) is 40.4 Å². The number of hydrogen-bond donors (Lipinski definition) is 5. The van der Waals surface area contributed by atoms with Crippen LogP contribution in [0.4, 0.5) is 11.4 Å². The van der Waals surface area contributed by atoms with Gasteiger partial charge in [-0.1, -0.05) is 6.07 Å². The predicted molar refractivity (Wildman–Crippen MR) is 125 cm³/mol. The number of rotatable bonds is 6. The third-order valence-electron chi connectivity index (χ3n) is 4.93. The van der Waals surface area contributed by atoms with Crippen LogP contribution in [0.25, 0.3) is 10.8 Å². The molecule has 0 aliphatic heterocycles. The first-order valence-corrected chi connectivity index (χ1v) is 15.0. The molecule has 0 bridgehead atoms. The molecule has 0 spiro atoms. The summed E-state index contributed by atoms with van der Waals surface area (Å²) in [6.07, 6.45) is 0. The molecule has 0 fully saturated rings. The third kappa shape index (κ3) is 5.40. The molecule has 0 atom stereocenters. The van der Waals surface area contributed by atoms with Gasteiger partial charge in [0, 0.05) is 11.1 Å². The van der Waals surface area contributed by atoms with E-state index < -0.39 is 71.5 Å². The molecule has 3 aromatic carbocycles. The van der Waals surface area contributed by atoms with Crippen LogP contribution < -0.4 is 10.5 Å². The topological polar surface area (TPSA) is 235 Å². The number of nitrogens with two attached hydrogens (primary N) is 1. The first-order chi connectivity index (χ1) is 15.7. The van der Waals surface area contributed by atoms with Gasteiger partial charge in [0.2, 0.25) is 0 Å². The first kappa shape index (κ1) is 26.8. The molecule has 190 valence electrons. The van der Waals surface area contributed by atoms with Gasteiger partial charge >= 0.3 is 0 Å². The number of fused-ring (bicyclic) bond motifs is 1. The van der Waals surface area contributed by atoms with E-state index >= 15 is 0 Å². The molecule has 0 aliphatic rings. The highest BCUT2D eigenvalue weighted by atomic mass is 32.2. The second-order valence-corrected chi connectivity index (χ2v) is 13.4. The highest BCUT2D eigenvalue weighted by molar-refractivity contribution is 7.92. The Hall–Kier alpha value is -2.80. The van der Waals surface area contributed by atoms with Gasteiger partial charge in [0.1, 0.15) is 4.90 Å². The summed E-state index contributed by atoms with van der Waals surface area (Å²) in [5, 5.41) is -1.21. The second-order valence-electron chi connectivity index (χ2n) is 7.50. The van der Waals surface area contributed by atoms with Crippen molar-refractivity contribution in [1.82, 2.24) is 0 Å². The lowest BCUT2D eigenvalue weighted by atomic mass is 10.1. The monoisotopic (exact) mass is 566 g/mol. The molecule has 0 radical (unpaired) electrons. The molecule has 0 amide bonds. The summed E-state index contributed by atoms with van der Waals surface area (Å²) in [7, 11) is -20.0. The molecule has 0 aliphatic carbocycles. The Bertz CT molecular complexity index is 1820. The Morgan fingerprint density at radius 1 is 0.657 bits per heavy atom. The lowest BCUT2D eigenvalue weighted by Crippen LogP contribution is -2.16. The minimum Gasteiger partial charge on any atom is -0.398 e. The summed E-state index contributed by atoms with van der Waals surface area (Å²) in [5.41, 5.74) is 5.93. The number of aryl methyl sites for hydroxylation is 2. The molecule has 13 nitrogen and oxygen atoms in total. The van der Waals surface area contributed by atoms with Gasteiger partial charge < -0.3 is 5.73 Å². The van der Waals surface area contributed by atoms with Crippen molar-refractivity contribution in [3.63, 3.8) is 0 Å². The van der Waals surface area contributed by atoms with Crippen molar-refractivity contribution in [2.75, 3.05) is 10.5 Å². The Balaban J connectivity index is 2.48. The van der Waals surface area contributed by atoms with E-state index in [1.807, 2.05) is 4.72 Å². The van der Waals surface area contributed by atoms with Crippen molar-refractivity contribution < 1.29 is 47.3 Å². The van der Waals surface area contributed by atoms with Crippen LogP contribution in [0.5, 0.6) is 0 Å². The lowest BCUT2D eigenvalue weighted by molar-refractivity contribution is 0.480. The fourth-order valence-electron chi connectivity index (χ4n) is 3.34. The summed E-state index contributed by atoms with van der Waals surface area (Å²) in [6, 6.07) is 4.75. The molecule has 6 N–H and O–H groups in total. The molecule has 0 saturated carbocycles. The zero-order valence-corrected chi connectivity index (χ0v) is 21.0. The van der Waals surface area contributed by atoms with Crippen LogP contribution >= 0.6 is 0 Å². The molecule has 17 heteroatoms. The van der Waals surface area contributed by atoms with Crippen LogP contribution in [0.2, 0.25) is 0 Å². The van der Waals surface area contributed by atoms with Gasteiger partial charge in [0.15, 0.2) is 0 Å². The fourth-order valence-corrected chi connectivity index (χ4v) is 6.59.